The molecule has 0 radical (unpaired) electrons. The topological polar surface area (TPSA) is 88.7 Å². The summed E-state index contributed by atoms with van der Waals surface area (Å²) in [5.74, 6) is 0.247. The van der Waals surface area contributed by atoms with Crippen molar-refractivity contribution < 1.29 is 17.6 Å². The fourth-order valence-corrected chi connectivity index (χ4v) is 3.41. The Bertz CT molecular complexity index is 1040. The Hall–Kier alpha value is -3.07. The number of hydrogen-bond donors (Lipinski definition) is 0. The van der Waals surface area contributed by atoms with Gasteiger partial charge >= 0.3 is 0 Å². The molecule has 0 N–H and O–H groups in total. The van der Waals surface area contributed by atoms with Gasteiger partial charge in [-0.3, -0.25) is 9.10 Å². The Balaban J connectivity index is 1.92. The fraction of sp³-hybridized carbons (Fsp3) is 0.222. The van der Waals surface area contributed by atoms with Crippen molar-refractivity contribution in [2.24, 2.45) is 0 Å². The summed E-state index contributed by atoms with van der Waals surface area (Å²) >= 11 is 0. The monoisotopic (exact) mass is 388 g/mol. The van der Waals surface area contributed by atoms with Gasteiger partial charge in [0.25, 0.3) is 5.91 Å². The first-order valence-electron chi connectivity index (χ1n) is 8.14. The summed E-state index contributed by atoms with van der Waals surface area (Å²) in [7, 11) is -0.342. The van der Waals surface area contributed by atoms with Crippen LogP contribution in [0.1, 0.15) is 16.3 Å². The first kappa shape index (κ1) is 18.7. The van der Waals surface area contributed by atoms with Crippen LogP contribution in [0.25, 0.3) is 5.69 Å². The van der Waals surface area contributed by atoms with Gasteiger partial charge in [0.15, 0.2) is 5.76 Å². The molecule has 0 saturated carbocycles. The highest BCUT2D eigenvalue weighted by molar-refractivity contribution is 7.92. The SMILES string of the molecule is CN(C)C(=O)c1ccc(CN(c2cccc(-n3cccn3)c2)S(C)(=O)=O)o1. The quantitative estimate of drug-likeness (QED) is 0.645. The van der Waals surface area contributed by atoms with E-state index in [2.05, 4.69) is 5.10 Å². The zero-order valence-corrected chi connectivity index (χ0v) is 16.0. The van der Waals surface area contributed by atoms with Gasteiger partial charge in [0.2, 0.25) is 10.0 Å². The van der Waals surface area contributed by atoms with Crippen LogP contribution in [0.3, 0.4) is 0 Å². The van der Waals surface area contributed by atoms with Gasteiger partial charge < -0.3 is 9.32 Å². The number of carbonyl (C=O) groups is 1. The van der Waals surface area contributed by atoms with Crippen molar-refractivity contribution in [1.82, 2.24) is 14.7 Å². The summed E-state index contributed by atoms with van der Waals surface area (Å²) in [6, 6.07) is 11.9. The van der Waals surface area contributed by atoms with E-state index in [1.807, 2.05) is 6.07 Å². The van der Waals surface area contributed by atoms with Crippen molar-refractivity contribution in [1.29, 1.82) is 0 Å². The lowest BCUT2D eigenvalue weighted by Gasteiger charge is -2.22. The third-order valence-corrected chi connectivity index (χ3v) is 5.01. The van der Waals surface area contributed by atoms with E-state index in [4.69, 9.17) is 4.42 Å². The fourth-order valence-electron chi connectivity index (χ4n) is 2.55. The van der Waals surface area contributed by atoms with Gasteiger partial charge in [-0.15, -0.1) is 0 Å². The van der Waals surface area contributed by atoms with Crippen LogP contribution in [0.4, 0.5) is 5.69 Å². The van der Waals surface area contributed by atoms with Crippen LogP contribution in [0, 0.1) is 0 Å². The summed E-state index contributed by atoms with van der Waals surface area (Å²) in [6.45, 7) is -0.0257. The van der Waals surface area contributed by atoms with Gasteiger partial charge in [-0.25, -0.2) is 13.1 Å². The molecule has 0 spiro atoms. The molecule has 0 fully saturated rings. The minimum Gasteiger partial charge on any atom is -0.454 e. The molecule has 8 nitrogen and oxygen atoms in total. The van der Waals surface area contributed by atoms with Crippen molar-refractivity contribution in [2.45, 2.75) is 6.54 Å². The lowest BCUT2D eigenvalue weighted by atomic mass is 10.2. The van der Waals surface area contributed by atoms with E-state index >= 15 is 0 Å². The van der Waals surface area contributed by atoms with Gasteiger partial charge in [0, 0.05) is 26.5 Å². The largest absolute Gasteiger partial charge is 0.454 e. The number of anilines is 1. The highest BCUT2D eigenvalue weighted by Crippen LogP contribution is 2.24. The Kier molecular flexibility index (Phi) is 5.04. The first-order chi connectivity index (χ1) is 12.8. The molecule has 3 rings (SSSR count). The molecule has 1 amide bonds. The van der Waals surface area contributed by atoms with Crippen LogP contribution in [-0.2, 0) is 16.6 Å². The van der Waals surface area contributed by atoms with Crippen LogP contribution in [0.2, 0.25) is 0 Å². The van der Waals surface area contributed by atoms with Crippen LogP contribution < -0.4 is 4.31 Å². The minimum atomic E-state index is -3.58. The van der Waals surface area contributed by atoms with Crippen LogP contribution in [-0.4, -0.2) is 49.4 Å². The molecule has 0 aliphatic rings. The number of sulfonamides is 1. The number of amides is 1. The van der Waals surface area contributed by atoms with E-state index < -0.39 is 10.0 Å². The second-order valence-electron chi connectivity index (χ2n) is 6.21. The summed E-state index contributed by atoms with van der Waals surface area (Å²) in [4.78, 5) is 13.4. The minimum absolute atomic E-state index is 0.0257. The van der Waals surface area contributed by atoms with Crippen LogP contribution in [0.15, 0.2) is 59.3 Å². The summed E-state index contributed by atoms with van der Waals surface area (Å²) in [5.41, 5.74) is 1.21. The van der Waals surface area contributed by atoms with Crippen molar-refractivity contribution in [3.8, 4) is 5.69 Å². The maximum absolute atomic E-state index is 12.4. The number of hydrogen-bond acceptors (Lipinski definition) is 5. The van der Waals surface area contributed by atoms with Crippen molar-refractivity contribution in [3.05, 3.63) is 66.4 Å². The Labute approximate surface area is 157 Å². The number of carbonyl (C=O) groups excluding carboxylic acids is 1. The van der Waals surface area contributed by atoms with Crippen LogP contribution in [0.5, 0.6) is 0 Å². The smallest absolute Gasteiger partial charge is 0.289 e. The maximum atomic E-state index is 12.4. The van der Waals surface area contributed by atoms with E-state index in [0.29, 0.717) is 11.4 Å². The average Bonchev–Trinajstić information content (AvgIpc) is 3.30. The molecule has 9 heteroatoms. The first-order valence-corrected chi connectivity index (χ1v) is 9.98. The molecule has 0 aliphatic carbocycles. The average molecular weight is 388 g/mol. The number of aromatic nitrogens is 2. The lowest BCUT2D eigenvalue weighted by Crippen LogP contribution is -2.29. The Morgan fingerprint density at radius 2 is 1.96 bits per heavy atom. The molecule has 142 valence electrons. The standard InChI is InChI=1S/C18H20N4O4S/c1-20(2)18(23)17-9-8-16(26-17)13-22(27(3,24)25)15-7-4-6-14(12-15)21-11-5-10-19-21/h4-12H,13H2,1-3H3. The predicted octanol–water partition coefficient (Wildman–Crippen LogP) is 2.13. The lowest BCUT2D eigenvalue weighted by molar-refractivity contribution is 0.0795. The maximum Gasteiger partial charge on any atom is 0.289 e. The summed E-state index contributed by atoms with van der Waals surface area (Å²) < 4.78 is 33.1. The summed E-state index contributed by atoms with van der Waals surface area (Å²) in [5, 5.41) is 4.16. The molecule has 27 heavy (non-hydrogen) atoms. The van der Waals surface area contributed by atoms with E-state index in [-0.39, 0.29) is 18.2 Å². The molecule has 0 saturated heterocycles. The van der Waals surface area contributed by atoms with Crippen molar-refractivity contribution in [3.63, 3.8) is 0 Å². The van der Waals surface area contributed by atoms with E-state index in [9.17, 15) is 13.2 Å². The third-order valence-electron chi connectivity index (χ3n) is 3.87. The van der Waals surface area contributed by atoms with E-state index in [1.54, 1.807) is 61.5 Å². The zero-order valence-electron chi connectivity index (χ0n) is 15.2. The molecule has 1 aromatic carbocycles. The van der Waals surface area contributed by atoms with E-state index in [1.165, 1.54) is 15.3 Å². The normalized spacial score (nSPS) is 11.4. The number of benzene rings is 1. The zero-order chi connectivity index (χ0) is 19.6. The van der Waals surface area contributed by atoms with Crippen LogP contribution >= 0.6 is 0 Å². The second-order valence-corrected chi connectivity index (χ2v) is 8.11. The highest BCUT2D eigenvalue weighted by atomic mass is 32.2. The molecule has 0 bridgehead atoms. The van der Waals surface area contributed by atoms with Gasteiger partial charge in [0.05, 0.1) is 24.2 Å². The third kappa shape index (κ3) is 4.20. The molecule has 3 aromatic rings. The van der Waals surface area contributed by atoms with Gasteiger partial charge in [-0.1, -0.05) is 6.07 Å². The number of rotatable bonds is 6. The molecule has 2 aromatic heterocycles. The van der Waals surface area contributed by atoms with Gasteiger partial charge in [-0.2, -0.15) is 5.10 Å². The van der Waals surface area contributed by atoms with E-state index in [0.717, 1.165) is 11.9 Å². The number of nitrogens with zero attached hydrogens (tertiary/aromatic N) is 4. The van der Waals surface area contributed by atoms with Gasteiger partial charge in [-0.05, 0) is 36.4 Å². The second kappa shape index (κ2) is 7.28. The van der Waals surface area contributed by atoms with Crippen molar-refractivity contribution >= 4 is 21.6 Å². The summed E-state index contributed by atoms with van der Waals surface area (Å²) in [6.07, 6.45) is 4.55. The molecular formula is C18H20N4O4S. The Morgan fingerprint density at radius 3 is 2.59 bits per heavy atom. The molecule has 0 atom stereocenters. The predicted molar refractivity (Wildman–Crippen MR) is 101 cm³/mol. The van der Waals surface area contributed by atoms with Gasteiger partial charge in [0.1, 0.15) is 5.76 Å². The highest BCUT2D eigenvalue weighted by Gasteiger charge is 2.21. The van der Waals surface area contributed by atoms with Crippen molar-refractivity contribution in [2.75, 3.05) is 24.7 Å². The molecule has 0 unspecified atom stereocenters. The molecular weight excluding hydrogens is 368 g/mol. The molecule has 2 heterocycles. The Morgan fingerprint density at radius 1 is 1.19 bits per heavy atom. The number of furan rings is 1. The molecule has 0 aliphatic heterocycles.